The molecule has 2 aromatic rings. The van der Waals surface area contributed by atoms with Gasteiger partial charge in [-0.2, -0.15) is 0 Å². The summed E-state index contributed by atoms with van der Waals surface area (Å²) < 4.78 is 24.6. The van der Waals surface area contributed by atoms with Crippen LogP contribution in [0.15, 0.2) is 47.4 Å². The lowest BCUT2D eigenvalue weighted by molar-refractivity contribution is -0.132. The fourth-order valence-electron chi connectivity index (χ4n) is 2.35. The highest BCUT2D eigenvalue weighted by molar-refractivity contribution is 7.91. The number of rotatable bonds is 7. The Morgan fingerprint density at radius 2 is 1.68 bits per heavy atom. The summed E-state index contributed by atoms with van der Waals surface area (Å²) >= 11 is 11.7. The zero-order valence-electron chi connectivity index (χ0n) is 15.4. The lowest BCUT2D eigenvalue weighted by Crippen LogP contribution is -2.35. The molecule has 0 aromatic heterocycles. The largest absolute Gasteiger partial charge is 0.336 e. The van der Waals surface area contributed by atoms with Crippen molar-refractivity contribution in [2.75, 3.05) is 24.7 Å². The van der Waals surface area contributed by atoms with Gasteiger partial charge in [0.25, 0.3) is 0 Å². The molecule has 150 valence electrons. The molecule has 9 heteroatoms. The third-order valence-electron chi connectivity index (χ3n) is 3.97. The lowest BCUT2D eigenvalue weighted by atomic mass is 10.2. The molecule has 0 heterocycles. The van der Waals surface area contributed by atoms with Crippen LogP contribution in [-0.2, 0) is 19.4 Å². The number of benzene rings is 2. The van der Waals surface area contributed by atoms with E-state index in [1.165, 1.54) is 30.1 Å². The van der Waals surface area contributed by atoms with E-state index in [-0.39, 0.29) is 23.6 Å². The molecule has 0 radical (unpaired) electrons. The van der Waals surface area contributed by atoms with E-state index in [1.807, 2.05) is 6.92 Å². The highest BCUT2D eigenvalue weighted by atomic mass is 35.5. The van der Waals surface area contributed by atoms with Gasteiger partial charge in [-0.05, 0) is 37.3 Å². The number of carbonyl (C=O) groups excluding carboxylic acids is 2. The Morgan fingerprint density at radius 3 is 2.29 bits per heavy atom. The molecule has 0 atom stereocenters. The van der Waals surface area contributed by atoms with Crippen LogP contribution in [0.1, 0.15) is 12.0 Å². The van der Waals surface area contributed by atoms with Crippen LogP contribution in [0.5, 0.6) is 0 Å². The smallest absolute Gasteiger partial charge is 0.243 e. The number of hydrogen-bond acceptors (Lipinski definition) is 4. The fraction of sp³-hybridized carbons (Fsp3) is 0.263. The molecule has 2 rings (SSSR count). The van der Waals surface area contributed by atoms with Gasteiger partial charge < -0.3 is 10.2 Å². The molecule has 0 fully saturated rings. The van der Waals surface area contributed by atoms with Crippen molar-refractivity contribution in [3.8, 4) is 0 Å². The van der Waals surface area contributed by atoms with E-state index in [0.29, 0.717) is 15.7 Å². The predicted molar refractivity (Wildman–Crippen MR) is 111 cm³/mol. The number of likely N-dealkylation sites (N-methyl/N-ethyl adjacent to an activating group) is 1. The Hall–Kier alpha value is -2.09. The van der Waals surface area contributed by atoms with Crippen molar-refractivity contribution < 1.29 is 18.0 Å². The molecule has 1 N–H and O–H groups in total. The highest BCUT2D eigenvalue weighted by Gasteiger charge is 2.19. The first kappa shape index (κ1) is 22.2. The predicted octanol–water partition coefficient (Wildman–Crippen LogP) is 3.56. The summed E-state index contributed by atoms with van der Waals surface area (Å²) in [6, 6.07) is 11.1. The Labute approximate surface area is 174 Å². The van der Waals surface area contributed by atoms with E-state index >= 15 is 0 Å². The van der Waals surface area contributed by atoms with Gasteiger partial charge in [-0.3, -0.25) is 9.59 Å². The molecule has 0 unspecified atom stereocenters. The SMILES string of the molecule is Cc1ccc(S(=O)(=O)CCC(=O)N(C)CC(=O)Nc2ccc(Cl)c(Cl)c2)cc1. The van der Waals surface area contributed by atoms with E-state index in [9.17, 15) is 18.0 Å². The summed E-state index contributed by atoms with van der Waals surface area (Å²) in [6.07, 6.45) is -0.216. The van der Waals surface area contributed by atoms with Crippen molar-refractivity contribution in [2.24, 2.45) is 0 Å². The van der Waals surface area contributed by atoms with Crippen molar-refractivity contribution in [3.63, 3.8) is 0 Å². The second-order valence-corrected chi connectivity index (χ2v) is 9.23. The van der Waals surface area contributed by atoms with Crippen molar-refractivity contribution in [2.45, 2.75) is 18.2 Å². The van der Waals surface area contributed by atoms with Crippen LogP contribution in [0.4, 0.5) is 5.69 Å². The first-order valence-corrected chi connectivity index (χ1v) is 10.8. The molecule has 0 saturated carbocycles. The third-order valence-corrected chi connectivity index (χ3v) is 6.45. The van der Waals surface area contributed by atoms with Gasteiger partial charge in [0.2, 0.25) is 11.8 Å². The zero-order chi connectivity index (χ0) is 20.9. The minimum absolute atomic E-state index is 0.172. The number of nitrogens with one attached hydrogen (secondary N) is 1. The maximum Gasteiger partial charge on any atom is 0.243 e. The molecular weight excluding hydrogens is 423 g/mol. The minimum atomic E-state index is -3.57. The number of aryl methyl sites for hydroxylation is 1. The van der Waals surface area contributed by atoms with Crippen LogP contribution in [0.25, 0.3) is 0 Å². The van der Waals surface area contributed by atoms with Gasteiger partial charge in [-0.1, -0.05) is 40.9 Å². The summed E-state index contributed by atoms with van der Waals surface area (Å²) in [7, 11) is -2.13. The van der Waals surface area contributed by atoms with Crippen molar-refractivity contribution in [3.05, 3.63) is 58.1 Å². The molecule has 28 heavy (non-hydrogen) atoms. The molecule has 0 aliphatic heterocycles. The summed E-state index contributed by atoms with van der Waals surface area (Å²) in [5, 5.41) is 3.26. The van der Waals surface area contributed by atoms with E-state index in [0.717, 1.165) is 5.56 Å². The Kier molecular flexibility index (Phi) is 7.46. The maximum absolute atomic E-state index is 12.3. The average Bonchev–Trinajstić information content (AvgIpc) is 2.63. The molecule has 0 saturated heterocycles. The average molecular weight is 443 g/mol. The van der Waals surface area contributed by atoms with Crippen molar-refractivity contribution >= 4 is 50.5 Å². The van der Waals surface area contributed by atoms with E-state index in [4.69, 9.17) is 23.2 Å². The van der Waals surface area contributed by atoms with Crippen LogP contribution >= 0.6 is 23.2 Å². The quantitative estimate of drug-likeness (QED) is 0.710. The van der Waals surface area contributed by atoms with Crippen LogP contribution < -0.4 is 5.32 Å². The second kappa shape index (κ2) is 9.41. The van der Waals surface area contributed by atoms with Gasteiger partial charge in [0.1, 0.15) is 0 Å². The van der Waals surface area contributed by atoms with Gasteiger partial charge >= 0.3 is 0 Å². The molecular formula is C19H20Cl2N2O4S. The second-order valence-electron chi connectivity index (χ2n) is 6.31. The summed E-state index contributed by atoms with van der Waals surface area (Å²) in [5.41, 5.74) is 1.39. The number of hydrogen-bond donors (Lipinski definition) is 1. The molecule has 0 aliphatic rings. The van der Waals surface area contributed by atoms with E-state index < -0.39 is 21.7 Å². The van der Waals surface area contributed by atoms with Gasteiger partial charge in [0.05, 0.1) is 27.2 Å². The molecule has 6 nitrogen and oxygen atoms in total. The zero-order valence-corrected chi connectivity index (χ0v) is 17.7. The summed E-state index contributed by atoms with van der Waals surface area (Å²) in [5.74, 6) is -1.20. The van der Waals surface area contributed by atoms with E-state index in [2.05, 4.69) is 5.32 Å². The van der Waals surface area contributed by atoms with Crippen LogP contribution in [0, 0.1) is 6.92 Å². The Bertz CT molecular complexity index is 976. The summed E-state index contributed by atoms with van der Waals surface area (Å²) in [4.78, 5) is 25.6. The van der Waals surface area contributed by atoms with Gasteiger partial charge in [-0.25, -0.2) is 8.42 Å². The van der Waals surface area contributed by atoms with Gasteiger partial charge in [-0.15, -0.1) is 0 Å². The number of amides is 2. The van der Waals surface area contributed by atoms with Gasteiger partial charge in [0.15, 0.2) is 9.84 Å². The maximum atomic E-state index is 12.3. The molecule has 0 spiro atoms. The highest BCUT2D eigenvalue weighted by Crippen LogP contribution is 2.25. The standard InChI is InChI=1S/C19H20Cl2N2O4S/c1-13-3-6-15(7-4-13)28(26,27)10-9-19(25)23(2)12-18(24)22-14-5-8-16(20)17(21)11-14/h3-8,11H,9-10,12H2,1-2H3,(H,22,24). The molecule has 2 amide bonds. The third kappa shape index (κ3) is 6.22. The number of sulfone groups is 1. The monoisotopic (exact) mass is 442 g/mol. The molecule has 2 aromatic carbocycles. The molecule has 0 bridgehead atoms. The van der Waals surface area contributed by atoms with Crippen molar-refractivity contribution in [1.29, 1.82) is 0 Å². The molecule has 0 aliphatic carbocycles. The van der Waals surface area contributed by atoms with Gasteiger partial charge in [0, 0.05) is 19.2 Å². The fourth-order valence-corrected chi connectivity index (χ4v) is 3.88. The van der Waals surface area contributed by atoms with E-state index in [1.54, 1.807) is 24.3 Å². The minimum Gasteiger partial charge on any atom is -0.336 e. The van der Waals surface area contributed by atoms with Crippen LogP contribution in [0.3, 0.4) is 0 Å². The summed E-state index contributed by atoms with van der Waals surface area (Å²) in [6.45, 7) is 1.64. The number of anilines is 1. The Balaban J connectivity index is 1.88. The lowest BCUT2D eigenvalue weighted by Gasteiger charge is -2.17. The van der Waals surface area contributed by atoms with Crippen molar-refractivity contribution in [1.82, 2.24) is 4.90 Å². The normalized spacial score (nSPS) is 11.1. The first-order valence-electron chi connectivity index (χ1n) is 8.37. The topological polar surface area (TPSA) is 83.6 Å². The van der Waals surface area contributed by atoms with Crippen LogP contribution in [0.2, 0.25) is 10.0 Å². The number of nitrogens with zero attached hydrogens (tertiary/aromatic N) is 1. The van der Waals surface area contributed by atoms with Crippen LogP contribution in [-0.4, -0.2) is 44.5 Å². The number of carbonyl (C=O) groups is 2. The number of halogens is 2. The Morgan fingerprint density at radius 1 is 1.04 bits per heavy atom. The first-order chi connectivity index (χ1) is 13.1.